The second-order valence-corrected chi connectivity index (χ2v) is 8.63. The van der Waals surface area contributed by atoms with Gasteiger partial charge in [-0.1, -0.05) is 60.1 Å². The van der Waals surface area contributed by atoms with Crippen LogP contribution in [-0.4, -0.2) is 19.0 Å². The minimum absolute atomic E-state index is 0.262. The van der Waals surface area contributed by atoms with Crippen LogP contribution in [0.1, 0.15) is 22.7 Å². The van der Waals surface area contributed by atoms with E-state index in [-0.39, 0.29) is 12.5 Å². The number of carbonyl (C=O) groups excluding carboxylic acids is 2. The average molecular weight is 492 g/mol. The molecule has 3 amide bonds. The number of hydrogen-bond acceptors (Lipinski definition) is 4. The third kappa shape index (κ3) is 5.58. The highest BCUT2D eigenvalue weighted by atomic mass is 35.5. The van der Waals surface area contributed by atoms with E-state index in [2.05, 4.69) is 22.5 Å². The summed E-state index contributed by atoms with van der Waals surface area (Å²) in [5, 5.41) is 8.97. The average Bonchev–Trinajstić information content (AvgIpc) is 2.84. The molecule has 2 atom stereocenters. The van der Waals surface area contributed by atoms with E-state index in [0.29, 0.717) is 33.5 Å². The maximum atomic E-state index is 13.2. The molecule has 4 rings (SSSR count). The molecular weight excluding hydrogens is 466 g/mol. The van der Waals surface area contributed by atoms with E-state index < -0.39 is 18.0 Å². The van der Waals surface area contributed by atoms with Gasteiger partial charge in [0.05, 0.1) is 13.2 Å². The quantitative estimate of drug-likeness (QED) is 0.415. The summed E-state index contributed by atoms with van der Waals surface area (Å²) in [5.74, 6) is -0.0791. The van der Waals surface area contributed by atoms with Crippen LogP contribution < -0.4 is 25.4 Å². The van der Waals surface area contributed by atoms with Gasteiger partial charge in [0.15, 0.2) is 11.5 Å². The number of ether oxygens (including phenoxy) is 2. The van der Waals surface area contributed by atoms with E-state index in [0.717, 1.165) is 11.1 Å². The molecule has 0 aromatic heterocycles. The van der Waals surface area contributed by atoms with Gasteiger partial charge in [-0.3, -0.25) is 4.79 Å². The lowest BCUT2D eigenvalue weighted by atomic mass is 9.88. The first kappa shape index (κ1) is 24.2. The summed E-state index contributed by atoms with van der Waals surface area (Å²) in [5.41, 5.74) is 3.56. The molecule has 1 aliphatic rings. The summed E-state index contributed by atoms with van der Waals surface area (Å²) in [4.78, 5) is 25.5. The number of anilines is 1. The molecule has 0 aliphatic carbocycles. The predicted molar refractivity (Wildman–Crippen MR) is 136 cm³/mol. The molecule has 0 bridgehead atoms. The Morgan fingerprint density at radius 2 is 1.83 bits per heavy atom. The van der Waals surface area contributed by atoms with Crippen molar-refractivity contribution in [3.63, 3.8) is 0 Å². The summed E-state index contributed by atoms with van der Waals surface area (Å²) in [6, 6.07) is 19.1. The van der Waals surface area contributed by atoms with E-state index in [1.165, 1.54) is 7.11 Å². The van der Waals surface area contributed by atoms with Crippen LogP contribution in [0.2, 0.25) is 5.02 Å². The molecule has 1 aliphatic heterocycles. The summed E-state index contributed by atoms with van der Waals surface area (Å²) < 4.78 is 11.5. The third-order valence-electron chi connectivity index (χ3n) is 5.76. The Morgan fingerprint density at radius 3 is 2.54 bits per heavy atom. The monoisotopic (exact) mass is 491 g/mol. The van der Waals surface area contributed by atoms with Gasteiger partial charge in [0.25, 0.3) is 0 Å². The summed E-state index contributed by atoms with van der Waals surface area (Å²) in [6.45, 7) is 6.16. The molecule has 0 unspecified atom stereocenters. The Morgan fingerprint density at radius 1 is 1.09 bits per heavy atom. The molecule has 3 aromatic carbocycles. The number of rotatable bonds is 7. The highest BCUT2D eigenvalue weighted by Crippen LogP contribution is 2.36. The van der Waals surface area contributed by atoms with Crippen LogP contribution in [0.15, 0.2) is 79.0 Å². The van der Waals surface area contributed by atoms with Crippen molar-refractivity contribution in [2.45, 2.75) is 19.6 Å². The van der Waals surface area contributed by atoms with E-state index in [1.54, 1.807) is 24.3 Å². The Balaban J connectivity index is 1.57. The van der Waals surface area contributed by atoms with Gasteiger partial charge in [0.2, 0.25) is 5.91 Å². The first-order chi connectivity index (χ1) is 16.9. The normalized spacial score (nSPS) is 17.2. The van der Waals surface area contributed by atoms with Gasteiger partial charge in [-0.15, -0.1) is 0 Å². The lowest BCUT2D eigenvalue weighted by Gasteiger charge is -2.34. The maximum absolute atomic E-state index is 13.2. The highest BCUT2D eigenvalue weighted by Gasteiger charge is 2.38. The zero-order chi connectivity index (χ0) is 24.9. The number of amides is 3. The number of hydrogen-bond donors (Lipinski definition) is 3. The molecule has 1 fully saturated rings. The molecule has 35 heavy (non-hydrogen) atoms. The van der Waals surface area contributed by atoms with E-state index >= 15 is 0 Å². The number of aryl methyl sites for hydroxylation is 1. The number of nitrogens with one attached hydrogen (secondary N) is 3. The minimum atomic E-state index is -0.756. The highest BCUT2D eigenvalue weighted by molar-refractivity contribution is 6.31. The molecule has 1 saturated heterocycles. The van der Waals surface area contributed by atoms with Crippen molar-refractivity contribution in [1.29, 1.82) is 0 Å². The fourth-order valence-electron chi connectivity index (χ4n) is 3.90. The molecule has 0 radical (unpaired) electrons. The Hall–Kier alpha value is -3.97. The van der Waals surface area contributed by atoms with Crippen LogP contribution in [0, 0.1) is 12.8 Å². The molecular formula is C27H26ClN3O4. The maximum Gasteiger partial charge on any atom is 0.319 e. The fraction of sp³-hybridized carbons (Fsp3) is 0.185. The Kier molecular flexibility index (Phi) is 7.27. The van der Waals surface area contributed by atoms with Gasteiger partial charge >= 0.3 is 6.03 Å². The number of methoxy groups -OCH3 is 1. The molecule has 3 N–H and O–H groups in total. The summed E-state index contributed by atoms with van der Waals surface area (Å²) in [6.07, 6.45) is 0. The van der Waals surface area contributed by atoms with Crippen molar-refractivity contribution < 1.29 is 19.1 Å². The zero-order valence-corrected chi connectivity index (χ0v) is 20.2. The fourth-order valence-corrected chi connectivity index (χ4v) is 4.09. The van der Waals surface area contributed by atoms with Crippen LogP contribution in [0.5, 0.6) is 11.5 Å². The van der Waals surface area contributed by atoms with Crippen molar-refractivity contribution in [3.05, 3.63) is 101 Å². The first-order valence-electron chi connectivity index (χ1n) is 11.0. The smallest absolute Gasteiger partial charge is 0.319 e. The molecule has 3 aromatic rings. The SMILES string of the molecule is C=C1NC(=O)N[C@@H](c2ccc(OCc3ccccc3Cl)c(OC)c2)[C@@H]1C(=O)Nc1ccc(C)cc1. The molecule has 1 heterocycles. The van der Waals surface area contributed by atoms with Gasteiger partial charge in [-0.05, 0) is 42.8 Å². The van der Waals surface area contributed by atoms with Crippen molar-refractivity contribution in [2.24, 2.45) is 5.92 Å². The second kappa shape index (κ2) is 10.5. The molecule has 7 nitrogen and oxygen atoms in total. The first-order valence-corrected chi connectivity index (χ1v) is 11.4. The number of benzene rings is 3. The molecule has 0 saturated carbocycles. The van der Waals surface area contributed by atoms with Crippen LogP contribution in [0.3, 0.4) is 0 Å². The van der Waals surface area contributed by atoms with Crippen molar-refractivity contribution >= 4 is 29.2 Å². The topological polar surface area (TPSA) is 88.7 Å². The third-order valence-corrected chi connectivity index (χ3v) is 6.13. The lowest BCUT2D eigenvalue weighted by Crippen LogP contribution is -2.51. The molecule has 0 spiro atoms. The van der Waals surface area contributed by atoms with Crippen LogP contribution in [0.4, 0.5) is 10.5 Å². The minimum Gasteiger partial charge on any atom is -0.493 e. The van der Waals surface area contributed by atoms with E-state index in [4.69, 9.17) is 21.1 Å². The predicted octanol–water partition coefficient (Wildman–Crippen LogP) is 5.36. The summed E-state index contributed by atoms with van der Waals surface area (Å²) in [7, 11) is 1.53. The number of urea groups is 1. The van der Waals surface area contributed by atoms with Crippen LogP contribution >= 0.6 is 11.6 Å². The van der Waals surface area contributed by atoms with Gasteiger partial charge < -0.3 is 25.4 Å². The number of carbonyl (C=O) groups is 2. The Bertz CT molecular complexity index is 1260. The van der Waals surface area contributed by atoms with Gasteiger partial charge in [-0.2, -0.15) is 0 Å². The largest absolute Gasteiger partial charge is 0.493 e. The number of halogens is 1. The van der Waals surface area contributed by atoms with Crippen molar-refractivity contribution in [1.82, 2.24) is 10.6 Å². The van der Waals surface area contributed by atoms with Crippen LogP contribution in [-0.2, 0) is 11.4 Å². The van der Waals surface area contributed by atoms with Gasteiger partial charge in [0, 0.05) is 22.0 Å². The standard InChI is InChI=1S/C27H26ClN3O4/c1-16-8-11-20(12-9-16)30-26(32)24-17(2)29-27(33)31-25(24)18-10-13-22(23(14-18)34-3)35-15-19-6-4-5-7-21(19)28/h4-14,24-25H,2,15H2,1,3H3,(H,30,32)(H2,29,31,33)/t24-,25+/m1/s1. The molecule has 8 heteroatoms. The Labute approximate surface area is 209 Å². The molecule has 180 valence electrons. The summed E-state index contributed by atoms with van der Waals surface area (Å²) >= 11 is 6.23. The van der Waals surface area contributed by atoms with Crippen molar-refractivity contribution in [3.8, 4) is 11.5 Å². The lowest BCUT2D eigenvalue weighted by molar-refractivity contribution is -0.119. The van der Waals surface area contributed by atoms with Gasteiger partial charge in [-0.25, -0.2) is 4.79 Å². The zero-order valence-electron chi connectivity index (χ0n) is 19.4. The van der Waals surface area contributed by atoms with Gasteiger partial charge in [0.1, 0.15) is 12.5 Å². The van der Waals surface area contributed by atoms with E-state index in [1.807, 2.05) is 49.4 Å². The second-order valence-electron chi connectivity index (χ2n) is 8.22. The van der Waals surface area contributed by atoms with Crippen molar-refractivity contribution in [2.75, 3.05) is 12.4 Å². The van der Waals surface area contributed by atoms with E-state index in [9.17, 15) is 9.59 Å². The van der Waals surface area contributed by atoms with Crippen LogP contribution in [0.25, 0.3) is 0 Å².